The van der Waals surface area contributed by atoms with E-state index in [-0.39, 0.29) is 5.96 Å². The van der Waals surface area contributed by atoms with Crippen LogP contribution in [0.5, 0.6) is 0 Å². The molecule has 0 heterocycles. The summed E-state index contributed by atoms with van der Waals surface area (Å²) in [4.78, 5) is 11.6. The van der Waals surface area contributed by atoms with E-state index in [2.05, 4.69) is 16.0 Å². The average Bonchev–Trinajstić information content (AvgIpc) is 2.31. The van der Waals surface area contributed by atoms with Gasteiger partial charge in [0.1, 0.15) is 0 Å². The number of hydrogen-bond acceptors (Lipinski definition) is 2. The lowest BCUT2D eigenvalue weighted by Crippen LogP contribution is -2.42. The van der Waals surface area contributed by atoms with E-state index >= 15 is 0 Å². The van der Waals surface area contributed by atoms with Crippen LogP contribution in [-0.4, -0.2) is 18.5 Å². The third kappa shape index (κ3) is 4.25. The van der Waals surface area contributed by atoms with Crippen molar-refractivity contribution in [1.82, 2.24) is 10.6 Å². The van der Waals surface area contributed by atoms with Gasteiger partial charge in [-0.25, -0.2) is 4.79 Å². The highest BCUT2D eigenvalue weighted by molar-refractivity contribution is 6.34. The van der Waals surface area contributed by atoms with E-state index in [9.17, 15) is 4.79 Å². The molecule has 1 aromatic carbocycles. The van der Waals surface area contributed by atoms with Gasteiger partial charge in [-0.3, -0.25) is 10.7 Å². The first-order chi connectivity index (χ1) is 8.54. The summed E-state index contributed by atoms with van der Waals surface area (Å²) in [7, 11) is 0. The summed E-state index contributed by atoms with van der Waals surface area (Å²) in [6.07, 6.45) is 0.884. The number of para-hydroxylation sites is 1. The van der Waals surface area contributed by atoms with Gasteiger partial charge in [0.05, 0.1) is 10.7 Å². The van der Waals surface area contributed by atoms with Crippen LogP contribution in [0.4, 0.5) is 10.5 Å². The Bertz CT molecular complexity index is 427. The summed E-state index contributed by atoms with van der Waals surface area (Å²) in [6, 6.07) is 4.87. The quantitative estimate of drug-likeness (QED) is 0.502. The Morgan fingerprint density at radius 3 is 2.78 bits per heavy atom. The normalized spacial score (nSPS) is 9.72. The molecule has 1 rings (SSSR count). The molecule has 6 heteroatoms. The van der Waals surface area contributed by atoms with Crippen molar-refractivity contribution in [1.29, 1.82) is 5.41 Å². The number of carbonyl (C=O) groups is 1. The Hall–Kier alpha value is -1.75. The second-order valence-electron chi connectivity index (χ2n) is 3.81. The minimum atomic E-state index is -0.486. The van der Waals surface area contributed by atoms with Crippen LogP contribution in [0, 0.1) is 12.3 Å². The molecule has 5 nitrogen and oxygen atoms in total. The van der Waals surface area contributed by atoms with Crippen molar-refractivity contribution < 1.29 is 4.79 Å². The third-order valence-electron chi connectivity index (χ3n) is 2.25. The standard InChI is InChI=1S/C12H17ClN4O/c1-3-7-15-11(14)17-12(18)16-10-8(2)5-4-6-9(10)13/h4-6H,3,7H2,1-2H3,(H4,14,15,16,17,18). The minimum absolute atomic E-state index is 0.0287. The van der Waals surface area contributed by atoms with Crippen LogP contribution in [0.25, 0.3) is 0 Å². The highest BCUT2D eigenvalue weighted by Gasteiger charge is 2.09. The molecule has 0 aromatic heterocycles. The second kappa shape index (κ2) is 6.86. The Kier molecular flexibility index (Phi) is 5.45. The van der Waals surface area contributed by atoms with E-state index in [1.807, 2.05) is 26.0 Å². The molecule has 4 N–H and O–H groups in total. The van der Waals surface area contributed by atoms with Gasteiger partial charge in [0.15, 0.2) is 5.96 Å². The number of guanidine groups is 1. The molecule has 98 valence electrons. The lowest BCUT2D eigenvalue weighted by Gasteiger charge is -2.12. The van der Waals surface area contributed by atoms with Crippen LogP contribution < -0.4 is 16.0 Å². The maximum absolute atomic E-state index is 11.6. The number of anilines is 1. The van der Waals surface area contributed by atoms with Crippen LogP contribution in [0.1, 0.15) is 18.9 Å². The van der Waals surface area contributed by atoms with E-state index < -0.39 is 6.03 Å². The first-order valence-electron chi connectivity index (χ1n) is 5.70. The number of amides is 2. The van der Waals surface area contributed by atoms with Crippen LogP contribution in [0.2, 0.25) is 5.02 Å². The van der Waals surface area contributed by atoms with Crippen LogP contribution >= 0.6 is 11.6 Å². The predicted molar refractivity (Wildman–Crippen MR) is 74.4 cm³/mol. The fraction of sp³-hybridized carbons (Fsp3) is 0.333. The molecule has 0 radical (unpaired) electrons. The number of carbonyl (C=O) groups excluding carboxylic acids is 1. The number of urea groups is 1. The number of nitrogens with one attached hydrogen (secondary N) is 4. The lowest BCUT2D eigenvalue weighted by molar-refractivity contribution is 0.256. The van der Waals surface area contributed by atoms with Gasteiger partial charge in [-0.05, 0) is 25.0 Å². The summed E-state index contributed by atoms with van der Waals surface area (Å²) in [5.74, 6) is -0.0287. The topological polar surface area (TPSA) is 77.0 Å². The number of rotatable bonds is 3. The van der Waals surface area contributed by atoms with Gasteiger partial charge in [0.2, 0.25) is 0 Å². The molecule has 0 aliphatic heterocycles. The fourth-order valence-corrected chi connectivity index (χ4v) is 1.61. The van der Waals surface area contributed by atoms with Gasteiger partial charge in [-0.2, -0.15) is 0 Å². The number of hydrogen-bond donors (Lipinski definition) is 4. The monoisotopic (exact) mass is 268 g/mol. The first-order valence-corrected chi connectivity index (χ1v) is 6.08. The molecule has 0 saturated heterocycles. The minimum Gasteiger partial charge on any atom is -0.356 e. The summed E-state index contributed by atoms with van der Waals surface area (Å²) < 4.78 is 0. The summed E-state index contributed by atoms with van der Waals surface area (Å²) >= 11 is 5.98. The van der Waals surface area contributed by atoms with Gasteiger partial charge in [-0.15, -0.1) is 0 Å². The van der Waals surface area contributed by atoms with Crippen LogP contribution in [-0.2, 0) is 0 Å². The van der Waals surface area contributed by atoms with Crippen molar-refractivity contribution in [3.8, 4) is 0 Å². The fourth-order valence-electron chi connectivity index (χ4n) is 1.34. The van der Waals surface area contributed by atoms with Crippen molar-refractivity contribution in [3.63, 3.8) is 0 Å². The van der Waals surface area contributed by atoms with Crippen molar-refractivity contribution in [2.24, 2.45) is 0 Å². The third-order valence-corrected chi connectivity index (χ3v) is 2.57. The average molecular weight is 269 g/mol. The van der Waals surface area contributed by atoms with Gasteiger partial charge in [0, 0.05) is 6.54 Å². The molecule has 0 atom stereocenters. The van der Waals surface area contributed by atoms with Gasteiger partial charge >= 0.3 is 6.03 Å². The van der Waals surface area contributed by atoms with Crippen molar-refractivity contribution in [3.05, 3.63) is 28.8 Å². The molecule has 0 aliphatic carbocycles. The molecule has 2 amide bonds. The molecule has 0 aliphatic rings. The zero-order valence-corrected chi connectivity index (χ0v) is 11.2. The molecule has 0 bridgehead atoms. The summed E-state index contributed by atoms with van der Waals surface area (Å²) in [6.45, 7) is 4.47. The maximum atomic E-state index is 11.6. The van der Waals surface area contributed by atoms with Crippen molar-refractivity contribution >= 4 is 29.3 Å². The van der Waals surface area contributed by atoms with E-state index in [1.54, 1.807) is 6.07 Å². The second-order valence-corrected chi connectivity index (χ2v) is 4.22. The highest BCUT2D eigenvalue weighted by Crippen LogP contribution is 2.24. The van der Waals surface area contributed by atoms with Gasteiger partial charge in [-0.1, -0.05) is 30.7 Å². The van der Waals surface area contributed by atoms with E-state index in [0.29, 0.717) is 17.3 Å². The zero-order chi connectivity index (χ0) is 13.5. The van der Waals surface area contributed by atoms with E-state index in [0.717, 1.165) is 12.0 Å². The number of halogens is 1. The zero-order valence-electron chi connectivity index (χ0n) is 10.4. The molecule has 0 unspecified atom stereocenters. The maximum Gasteiger partial charge on any atom is 0.326 e. The number of benzene rings is 1. The van der Waals surface area contributed by atoms with Crippen molar-refractivity contribution in [2.45, 2.75) is 20.3 Å². The Balaban J connectivity index is 2.57. The molecule has 18 heavy (non-hydrogen) atoms. The van der Waals surface area contributed by atoms with Crippen LogP contribution in [0.15, 0.2) is 18.2 Å². The Morgan fingerprint density at radius 2 is 2.17 bits per heavy atom. The molecule has 1 aromatic rings. The molecule has 0 spiro atoms. The highest BCUT2D eigenvalue weighted by atomic mass is 35.5. The Morgan fingerprint density at radius 1 is 1.44 bits per heavy atom. The molecular weight excluding hydrogens is 252 g/mol. The summed E-state index contributed by atoms with van der Waals surface area (Å²) in [5.41, 5.74) is 1.42. The molecular formula is C12H17ClN4O. The Labute approximate surface area is 111 Å². The smallest absolute Gasteiger partial charge is 0.326 e. The lowest BCUT2D eigenvalue weighted by atomic mass is 10.2. The van der Waals surface area contributed by atoms with E-state index in [1.165, 1.54) is 0 Å². The van der Waals surface area contributed by atoms with Gasteiger partial charge in [0.25, 0.3) is 0 Å². The SMILES string of the molecule is CCCNC(=N)NC(=O)Nc1c(C)cccc1Cl. The summed E-state index contributed by atoms with van der Waals surface area (Å²) in [5, 5.41) is 15.7. The first kappa shape index (κ1) is 14.3. The van der Waals surface area contributed by atoms with Crippen LogP contribution in [0.3, 0.4) is 0 Å². The molecule has 0 saturated carbocycles. The molecule has 0 fully saturated rings. The van der Waals surface area contributed by atoms with Gasteiger partial charge < -0.3 is 10.6 Å². The van der Waals surface area contributed by atoms with E-state index in [4.69, 9.17) is 17.0 Å². The predicted octanol–water partition coefficient (Wildman–Crippen LogP) is 2.70. The number of aryl methyl sites for hydroxylation is 1. The van der Waals surface area contributed by atoms with Crippen molar-refractivity contribution in [2.75, 3.05) is 11.9 Å². The largest absolute Gasteiger partial charge is 0.356 e.